The number of hydrogen-bond donors (Lipinski definition) is 7. The van der Waals surface area contributed by atoms with Crippen LogP contribution in [0.25, 0.3) is 21.8 Å². The van der Waals surface area contributed by atoms with Crippen LogP contribution in [-0.2, 0) is 20.2 Å². The monoisotopic (exact) mass is 1030 g/mol. The first kappa shape index (κ1) is 51.2. The smallest absolute Gasteiger partial charge is 0.298 e. The van der Waals surface area contributed by atoms with Crippen molar-refractivity contribution in [2.24, 2.45) is 10.2 Å². The van der Waals surface area contributed by atoms with E-state index in [4.69, 9.17) is 25.5 Å². The summed E-state index contributed by atoms with van der Waals surface area (Å²) in [5.74, 6) is 0.836. The van der Waals surface area contributed by atoms with Gasteiger partial charge in [0.2, 0.25) is 11.9 Å². The highest BCUT2D eigenvalue weighted by molar-refractivity contribution is 7.99. The lowest BCUT2D eigenvalue weighted by Crippen LogP contribution is -2.21. The Morgan fingerprint density at radius 3 is 1.75 bits per heavy atom. The van der Waals surface area contributed by atoms with Crippen molar-refractivity contribution in [3.8, 4) is 11.5 Å². The Morgan fingerprint density at radius 2 is 1.21 bits per heavy atom. The summed E-state index contributed by atoms with van der Waals surface area (Å²) < 4.78 is 83.0. The molecule has 3 heterocycles. The van der Waals surface area contributed by atoms with Crippen molar-refractivity contribution >= 4 is 133 Å². The highest BCUT2D eigenvalue weighted by atomic mass is 32.2. The largest absolute Gasteiger partial charge is 0.495 e. The molecule has 0 radical (unpaired) electrons. The minimum Gasteiger partial charge on any atom is -0.495 e. The molecule has 0 atom stereocenters. The molecule has 0 aliphatic carbocycles. The minimum atomic E-state index is -4.54. The predicted molar refractivity (Wildman–Crippen MR) is 269 cm³/mol. The molecular weight excluding hydrogens is 979 g/mol. The van der Waals surface area contributed by atoms with Crippen LogP contribution < -0.4 is 41.4 Å². The predicted octanol–water partition coefficient (Wildman–Crippen LogP) is 8.13. The van der Waals surface area contributed by atoms with E-state index in [-0.39, 0.29) is 34.9 Å². The van der Waals surface area contributed by atoms with Crippen LogP contribution in [0.15, 0.2) is 85.8 Å². The molecule has 0 saturated heterocycles. The number of nitrogen functional groups attached to an aromatic ring is 2. The van der Waals surface area contributed by atoms with Crippen molar-refractivity contribution < 1.29 is 40.5 Å². The molecule has 0 saturated carbocycles. The summed E-state index contributed by atoms with van der Waals surface area (Å²) >= 11 is 3.34. The first-order valence-corrected chi connectivity index (χ1v) is 26.0. The molecule has 4 aromatic carbocycles. The fourth-order valence-electron chi connectivity index (χ4n) is 6.65. The van der Waals surface area contributed by atoms with Gasteiger partial charge in [0.1, 0.15) is 32.0 Å². The van der Waals surface area contributed by atoms with Gasteiger partial charge in [-0.3, -0.25) is 9.11 Å². The molecular formula is C41H49N13O9S5. The van der Waals surface area contributed by atoms with E-state index in [1.807, 2.05) is 36.4 Å². The van der Waals surface area contributed by atoms with Crippen molar-refractivity contribution in [2.75, 3.05) is 84.7 Å². The quantitative estimate of drug-likeness (QED) is 0.0174. The number of aromatic nitrogens is 5. The Kier molecular flexibility index (Phi) is 16.8. The Hall–Kier alpha value is -6.20. The van der Waals surface area contributed by atoms with E-state index in [0.717, 1.165) is 60.6 Å². The highest BCUT2D eigenvalue weighted by Gasteiger charge is 2.22. The number of rotatable bonds is 19. The van der Waals surface area contributed by atoms with Gasteiger partial charge in [-0.2, -0.15) is 40.5 Å². The summed E-state index contributed by atoms with van der Waals surface area (Å²) in [5.41, 5.74) is 16.8. The second kappa shape index (κ2) is 22.3. The lowest BCUT2D eigenvalue weighted by atomic mass is 10.2. The lowest BCUT2D eigenvalue weighted by molar-refractivity contribution is 0.322. The maximum absolute atomic E-state index is 11.9. The molecule has 0 fully saturated rings. The number of fused-ring (bicyclic) bond motifs is 2. The number of hydrogen-bond acceptors (Lipinski definition) is 23. The number of nitrogens with two attached hydrogens (primary N) is 2. The number of azo groups is 1. The summed E-state index contributed by atoms with van der Waals surface area (Å²) in [4.78, 5) is 17.6. The van der Waals surface area contributed by atoms with E-state index in [1.165, 1.54) is 50.2 Å². The Labute approximate surface area is 404 Å². The standard InChI is InChI=1S/C33H41N11O5S3.C8H8N2O4S2/c1-6-43(7-2)20-10-12-23(34)26(16-20)35-31-37-32(39-33(38-31)50-15-14-45)36-27-17-21(44(8-3)9-4)11-13-24(27)40-41-30-22-18-28(49-5)29(52(46,47)48)19-25(22)42-51-30;1-14-6-2-4-5(10-15-8(4)9)3-7(6)16(11,12)13/h10-13,16-19,45H,6-9,14-15,34H2,1-5H3,(H,46,47,48)(H2,35,36,37,38,39);2-3H,9H2,1H3,(H,11,12,13). The van der Waals surface area contributed by atoms with Crippen molar-refractivity contribution in [3.63, 3.8) is 0 Å². The third-order valence-corrected chi connectivity index (χ3v) is 14.1. The van der Waals surface area contributed by atoms with Crippen LogP contribution in [0.5, 0.6) is 11.5 Å². The van der Waals surface area contributed by atoms with Gasteiger partial charge in [0, 0.05) is 54.1 Å². The van der Waals surface area contributed by atoms with Gasteiger partial charge < -0.3 is 46.5 Å². The van der Waals surface area contributed by atoms with Crippen LogP contribution in [0, 0.1) is 0 Å². The topological polar surface area (TPSA) is 319 Å². The molecule has 7 rings (SSSR count). The lowest BCUT2D eigenvalue weighted by Gasteiger charge is -2.22. The number of aliphatic hydroxyl groups excluding tert-OH is 1. The minimum absolute atomic E-state index is 0.0434. The summed E-state index contributed by atoms with van der Waals surface area (Å²) in [7, 11) is -6.25. The van der Waals surface area contributed by atoms with Crippen LogP contribution in [0.4, 0.5) is 56.0 Å². The van der Waals surface area contributed by atoms with Gasteiger partial charge in [0.15, 0.2) is 10.2 Å². The summed E-state index contributed by atoms with van der Waals surface area (Å²) in [5, 5.41) is 27.5. The number of benzene rings is 4. The number of thioether (sulfide) groups is 1. The van der Waals surface area contributed by atoms with Gasteiger partial charge in [-0.05, 0) is 111 Å². The number of ether oxygens (including phenoxy) is 2. The fraction of sp³-hybridized carbons (Fsp3) is 0.293. The zero-order chi connectivity index (χ0) is 49.3. The van der Waals surface area contributed by atoms with Gasteiger partial charge in [-0.15, -0.1) is 10.2 Å². The number of nitrogens with zero attached hydrogens (tertiary/aromatic N) is 9. The van der Waals surface area contributed by atoms with E-state index in [2.05, 4.69) is 82.1 Å². The van der Waals surface area contributed by atoms with E-state index < -0.39 is 25.1 Å². The summed E-state index contributed by atoms with van der Waals surface area (Å²) in [6, 6.07) is 16.8. The van der Waals surface area contributed by atoms with Crippen LogP contribution in [0.1, 0.15) is 27.7 Å². The molecule has 68 heavy (non-hydrogen) atoms. The zero-order valence-corrected chi connectivity index (χ0v) is 41.6. The van der Waals surface area contributed by atoms with E-state index in [1.54, 1.807) is 0 Å². The molecule has 362 valence electrons. The maximum atomic E-state index is 11.9. The molecule has 0 unspecified atom stereocenters. The van der Waals surface area contributed by atoms with Gasteiger partial charge in [0.05, 0.1) is 48.9 Å². The first-order valence-electron chi connectivity index (χ1n) is 20.6. The molecule has 22 nitrogen and oxygen atoms in total. The van der Waals surface area contributed by atoms with E-state index >= 15 is 0 Å². The molecule has 0 spiro atoms. The molecule has 0 aliphatic heterocycles. The third-order valence-electron chi connectivity index (χ3n) is 10.0. The van der Waals surface area contributed by atoms with Gasteiger partial charge in [0.25, 0.3) is 20.2 Å². The number of aliphatic hydroxyl groups is 1. The SMILES string of the molecule is CCN(CC)c1ccc(N)c(Nc2nc(Nc3cc(N(CC)CC)ccc3N=Nc3snc4cc(S(=O)(=O)O)c(OC)cc34)nc(SCCO)n2)c1.COc1cc2c(N)snc2cc1S(=O)(=O)O. The van der Waals surface area contributed by atoms with E-state index in [9.17, 15) is 26.5 Å². The molecule has 27 heteroatoms. The van der Waals surface area contributed by atoms with Crippen molar-refractivity contribution in [2.45, 2.75) is 42.6 Å². The number of methoxy groups -OCH3 is 2. The molecule has 7 aromatic rings. The Bertz CT molecular complexity index is 3160. The second-order valence-corrected chi connectivity index (χ2v) is 19.5. The van der Waals surface area contributed by atoms with E-state index in [0.29, 0.717) is 65.5 Å². The van der Waals surface area contributed by atoms with Crippen molar-refractivity contribution in [3.05, 3.63) is 60.7 Å². The molecule has 0 bridgehead atoms. The average molecular weight is 1030 g/mol. The van der Waals surface area contributed by atoms with Gasteiger partial charge in [-0.25, -0.2) is 0 Å². The third kappa shape index (κ3) is 12.1. The van der Waals surface area contributed by atoms with Crippen molar-refractivity contribution in [1.29, 1.82) is 0 Å². The number of anilines is 8. The average Bonchev–Trinajstić information content (AvgIpc) is 3.89. The van der Waals surface area contributed by atoms with Crippen LogP contribution >= 0.6 is 34.8 Å². The van der Waals surface area contributed by atoms with Crippen molar-refractivity contribution in [1.82, 2.24) is 23.7 Å². The van der Waals surface area contributed by atoms with Gasteiger partial charge in [-0.1, -0.05) is 11.8 Å². The number of nitrogens with one attached hydrogen (secondary N) is 2. The highest BCUT2D eigenvalue weighted by Crippen LogP contribution is 2.40. The second-order valence-electron chi connectivity index (χ2n) is 14.1. The zero-order valence-electron chi connectivity index (χ0n) is 37.5. The molecule has 9 N–H and O–H groups in total. The Morgan fingerprint density at radius 1 is 0.691 bits per heavy atom. The molecule has 0 aliphatic rings. The van der Waals surface area contributed by atoms with Crippen LogP contribution in [0.3, 0.4) is 0 Å². The summed E-state index contributed by atoms with van der Waals surface area (Å²) in [6.45, 7) is 11.4. The molecule has 3 aromatic heterocycles. The normalized spacial score (nSPS) is 11.7. The van der Waals surface area contributed by atoms with Crippen LogP contribution in [0.2, 0.25) is 0 Å². The van der Waals surface area contributed by atoms with Gasteiger partial charge >= 0.3 is 0 Å². The Balaban J connectivity index is 0.000000399. The molecule has 0 amide bonds. The fourth-order valence-corrected chi connectivity index (χ4v) is 9.82. The maximum Gasteiger partial charge on any atom is 0.298 e. The first-order chi connectivity index (χ1) is 32.4. The van der Waals surface area contributed by atoms with Crippen LogP contribution in [-0.4, -0.2) is 108 Å². The summed E-state index contributed by atoms with van der Waals surface area (Å²) in [6.07, 6.45) is 0.